The minimum atomic E-state index is -0.521. The molecule has 0 bridgehead atoms. The van der Waals surface area contributed by atoms with Crippen molar-refractivity contribution in [2.45, 2.75) is 19.1 Å². The molecule has 160 valence electrons. The van der Waals surface area contributed by atoms with Crippen molar-refractivity contribution in [1.29, 1.82) is 0 Å². The molecule has 0 amide bonds. The molecule has 0 fully saturated rings. The molecule has 31 heavy (non-hydrogen) atoms. The molecule has 0 radical (unpaired) electrons. The van der Waals surface area contributed by atoms with Crippen LogP contribution < -0.4 is 10.6 Å². The lowest BCUT2D eigenvalue weighted by Gasteiger charge is -2.30. The van der Waals surface area contributed by atoms with E-state index in [9.17, 15) is 5.11 Å². The van der Waals surface area contributed by atoms with Gasteiger partial charge in [-0.05, 0) is 17.5 Å². The second-order valence-electron chi connectivity index (χ2n) is 7.83. The number of aromatic amines is 1. The number of fused-ring (bicyclic) bond motifs is 2. The molecule has 4 N–H and O–H groups in total. The summed E-state index contributed by atoms with van der Waals surface area (Å²) in [7, 11) is 1.85. The van der Waals surface area contributed by atoms with Gasteiger partial charge < -0.3 is 15.7 Å². The van der Waals surface area contributed by atoms with Gasteiger partial charge in [-0.1, -0.05) is 24.3 Å². The van der Waals surface area contributed by atoms with Crippen molar-refractivity contribution in [2.24, 2.45) is 7.05 Å². The van der Waals surface area contributed by atoms with Gasteiger partial charge in [0.25, 0.3) is 0 Å². The first-order chi connectivity index (χ1) is 15.2. The number of aliphatic hydroxyl groups is 1. The Labute approximate surface area is 179 Å². The monoisotopic (exact) mass is 419 g/mol. The summed E-state index contributed by atoms with van der Waals surface area (Å²) in [6.07, 6.45) is 5.57. The van der Waals surface area contributed by atoms with E-state index in [0.29, 0.717) is 35.8 Å². The van der Waals surface area contributed by atoms with Gasteiger partial charge >= 0.3 is 0 Å². The number of H-pyrrole nitrogens is 1. The van der Waals surface area contributed by atoms with Gasteiger partial charge in [0.05, 0.1) is 18.0 Å². The Bertz CT molecular complexity index is 1180. The second kappa shape index (κ2) is 8.32. The number of nitrogens with zero attached hydrogens (tertiary/aromatic N) is 6. The van der Waals surface area contributed by atoms with Crippen molar-refractivity contribution in [3.8, 4) is 0 Å². The van der Waals surface area contributed by atoms with Crippen molar-refractivity contribution in [3.63, 3.8) is 0 Å². The van der Waals surface area contributed by atoms with E-state index in [0.717, 1.165) is 25.2 Å². The number of hydrogen-bond acceptors (Lipinski definition) is 8. The van der Waals surface area contributed by atoms with Crippen LogP contribution in [0, 0.1) is 0 Å². The molecule has 10 heteroatoms. The fourth-order valence-corrected chi connectivity index (χ4v) is 3.96. The van der Waals surface area contributed by atoms with Crippen LogP contribution in [0.4, 0.5) is 17.3 Å². The Morgan fingerprint density at radius 2 is 2.06 bits per heavy atom. The molecule has 0 saturated heterocycles. The van der Waals surface area contributed by atoms with Crippen LogP contribution in [-0.4, -0.2) is 65.7 Å². The van der Waals surface area contributed by atoms with E-state index in [2.05, 4.69) is 65.1 Å². The Morgan fingerprint density at radius 3 is 2.90 bits per heavy atom. The molecule has 1 aliphatic heterocycles. The topological polar surface area (TPSA) is 120 Å². The average Bonchev–Trinajstić information content (AvgIpc) is 3.38. The third-order valence-electron chi connectivity index (χ3n) is 5.50. The molecular formula is C21H25N9O. The molecule has 3 aromatic heterocycles. The minimum absolute atomic E-state index is 0.382. The molecule has 1 aromatic carbocycles. The number of anilines is 3. The van der Waals surface area contributed by atoms with Gasteiger partial charge in [-0.3, -0.25) is 14.7 Å². The number of aromatic nitrogens is 6. The normalized spacial score (nSPS) is 15.0. The number of benzene rings is 1. The van der Waals surface area contributed by atoms with Gasteiger partial charge in [-0.25, -0.2) is 9.97 Å². The van der Waals surface area contributed by atoms with Crippen LogP contribution in [0.1, 0.15) is 11.1 Å². The predicted octanol–water partition coefficient (Wildman–Crippen LogP) is 1.66. The molecule has 5 rings (SSSR count). The van der Waals surface area contributed by atoms with E-state index < -0.39 is 6.10 Å². The molecule has 1 aliphatic rings. The van der Waals surface area contributed by atoms with E-state index in [-0.39, 0.29) is 0 Å². The summed E-state index contributed by atoms with van der Waals surface area (Å²) in [4.78, 5) is 10.9. The first-order valence-corrected chi connectivity index (χ1v) is 10.3. The highest BCUT2D eigenvalue weighted by Gasteiger charge is 2.19. The lowest BCUT2D eigenvalue weighted by Crippen LogP contribution is -2.39. The maximum atomic E-state index is 10.6. The van der Waals surface area contributed by atoms with Crippen molar-refractivity contribution in [2.75, 3.05) is 30.3 Å². The van der Waals surface area contributed by atoms with Crippen molar-refractivity contribution >= 4 is 28.4 Å². The van der Waals surface area contributed by atoms with Gasteiger partial charge in [0.2, 0.25) is 0 Å². The number of aliphatic hydroxyl groups excluding tert-OH is 1. The predicted molar refractivity (Wildman–Crippen MR) is 118 cm³/mol. The van der Waals surface area contributed by atoms with E-state index in [1.54, 1.807) is 10.9 Å². The molecular weight excluding hydrogens is 394 g/mol. The summed E-state index contributed by atoms with van der Waals surface area (Å²) < 4.78 is 1.71. The summed E-state index contributed by atoms with van der Waals surface area (Å²) in [6.45, 7) is 2.81. The molecule has 4 heterocycles. The van der Waals surface area contributed by atoms with Crippen LogP contribution in [0.5, 0.6) is 0 Å². The van der Waals surface area contributed by atoms with Crippen molar-refractivity contribution in [1.82, 2.24) is 34.8 Å². The molecule has 10 nitrogen and oxygen atoms in total. The smallest absolute Gasteiger partial charge is 0.174 e. The third-order valence-corrected chi connectivity index (χ3v) is 5.50. The quantitative estimate of drug-likeness (QED) is 0.357. The SMILES string of the molecule is Cn1cc(Nc2ncnc3c(NC[C@H](O)CN4CCc5ccccc5C4)n[nH]c23)cn1. The molecule has 0 spiro atoms. The Balaban J connectivity index is 1.21. The molecule has 4 aromatic rings. The van der Waals surface area contributed by atoms with Gasteiger partial charge in [0.1, 0.15) is 17.4 Å². The molecule has 0 saturated carbocycles. The second-order valence-corrected chi connectivity index (χ2v) is 7.83. The largest absolute Gasteiger partial charge is 0.390 e. The van der Waals surface area contributed by atoms with Gasteiger partial charge in [0, 0.05) is 39.4 Å². The summed E-state index contributed by atoms with van der Waals surface area (Å²) in [5.41, 5.74) is 4.93. The zero-order valence-corrected chi connectivity index (χ0v) is 17.3. The van der Waals surface area contributed by atoms with Gasteiger partial charge in [-0.15, -0.1) is 0 Å². The summed E-state index contributed by atoms with van der Waals surface area (Å²) in [5, 5.41) is 28.5. The standard InChI is InChI=1S/C21H25N9O/c1-29-11-16(8-25-29)26-20-19-18(23-13-24-20)21(28-27-19)22-9-17(31)12-30-7-6-14-4-2-3-5-15(14)10-30/h2-5,8,11,13,17,31H,6-7,9-10,12H2,1H3,(H2,22,27,28)(H,23,24,26)/t17-/m0/s1. The first kappa shape index (κ1) is 19.5. The van der Waals surface area contributed by atoms with Crippen LogP contribution in [0.25, 0.3) is 11.0 Å². The fourth-order valence-electron chi connectivity index (χ4n) is 3.96. The van der Waals surface area contributed by atoms with Crippen LogP contribution in [0.3, 0.4) is 0 Å². The highest BCUT2D eigenvalue weighted by atomic mass is 16.3. The van der Waals surface area contributed by atoms with Crippen LogP contribution in [0.15, 0.2) is 43.0 Å². The number of aryl methyl sites for hydroxylation is 1. The fraction of sp³-hybridized carbons (Fsp3) is 0.333. The molecule has 0 unspecified atom stereocenters. The Kier molecular flexibility index (Phi) is 5.23. The lowest BCUT2D eigenvalue weighted by atomic mass is 10.00. The highest BCUT2D eigenvalue weighted by molar-refractivity contribution is 5.93. The Morgan fingerprint density at radius 1 is 1.19 bits per heavy atom. The number of hydrogen-bond donors (Lipinski definition) is 4. The van der Waals surface area contributed by atoms with Crippen LogP contribution in [0.2, 0.25) is 0 Å². The van der Waals surface area contributed by atoms with Crippen molar-refractivity contribution < 1.29 is 5.11 Å². The summed E-state index contributed by atoms with van der Waals surface area (Å²) in [6, 6.07) is 8.51. The highest BCUT2D eigenvalue weighted by Crippen LogP contribution is 2.25. The van der Waals surface area contributed by atoms with Crippen LogP contribution >= 0.6 is 0 Å². The number of rotatable bonds is 7. The van der Waals surface area contributed by atoms with Gasteiger partial charge in [0.15, 0.2) is 11.6 Å². The number of nitrogens with one attached hydrogen (secondary N) is 3. The zero-order valence-electron chi connectivity index (χ0n) is 17.3. The van der Waals surface area contributed by atoms with E-state index in [4.69, 9.17) is 0 Å². The zero-order chi connectivity index (χ0) is 21.2. The lowest BCUT2D eigenvalue weighted by molar-refractivity contribution is 0.114. The minimum Gasteiger partial charge on any atom is -0.390 e. The van der Waals surface area contributed by atoms with Crippen molar-refractivity contribution in [3.05, 3.63) is 54.1 Å². The summed E-state index contributed by atoms with van der Waals surface area (Å²) in [5.74, 6) is 1.21. The first-order valence-electron chi connectivity index (χ1n) is 10.3. The number of β-amino-alcohol motifs (C(OH)–C–C–N with tert-alkyl or cyclic N) is 1. The van der Waals surface area contributed by atoms with E-state index in [1.165, 1.54) is 17.5 Å². The summed E-state index contributed by atoms with van der Waals surface area (Å²) >= 11 is 0. The Hall–Kier alpha value is -3.50. The molecule has 0 aliphatic carbocycles. The van der Waals surface area contributed by atoms with E-state index >= 15 is 0 Å². The third kappa shape index (κ3) is 4.21. The maximum Gasteiger partial charge on any atom is 0.174 e. The maximum absolute atomic E-state index is 10.6. The average molecular weight is 419 g/mol. The molecule has 1 atom stereocenters. The van der Waals surface area contributed by atoms with Crippen LogP contribution in [-0.2, 0) is 20.0 Å². The van der Waals surface area contributed by atoms with Gasteiger partial charge in [-0.2, -0.15) is 10.2 Å². The van der Waals surface area contributed by atoms with E-state index in [1.807, 2.05) is 13.2 Å².